The third kappa shape index (κ3) is 4.73. The first-order valence-electron chi connectivity index (χ1n) is 6.69. The number of nitrogens with one attached hydrogen (secondary N) is 1. The van der Waals surface area contributed by atoms with Crippen LogP contribution in [0.1, 0.15) is 30.5 Å². The molecule has 0 fully saturated rings. The number of hydrogen-bond donors (Lipinski definition) is 1. The zero-order valence-corrected chi connectivity index (χ0v) is 13.2. The van der Waals surface area contributed by atoms with E-state index >= 15 is 0 Å². The highest BCUT2D eigenvalue weighted by Gasteiger charge is 2.13. The van der Waals surface area contributed by atoms with Gasteiger partial charge in [0.1, 0.15) is 0 Å². The van der Waals surface area contributed by atoms with E-state index in [1.54, 1.807) is 24.5 Å². The lowest BCUT2D eigenvalue weighted by molar-refractivity contribution is -0.121. The van der Waals surface area contributed by atoms with Gasteiger partial charge in [0.05, 0.1) is 6.04 Å². The van der Waals surface area contributed by atoms with Crippen LogP contribution in [0.4, 0.5) is 0 Å². The fourth-order valence-corrected chi connectivity index (χ4v) is 2.62. The number of hydrogen-bond acceptors (Lipinski definition) is 2. The van der Waals surface area contributed by atoms with E-state index in [-0.39, 0.29) is 11.9 Å². The molecule has 5 heteroatoms. The van der Waals surface area contributed by atoms with Gasteiger partial charge in [0.2, 0.25) is 5.91 Å². The van der Waals surface area contributed by atoms with E-state index in [4.69, 9.17) is 23.2 Å². The molecule has 1 N–H and O–H groups in total. The lowest BCUT2D eigenvalue weighted by Gasteiger charge is -2.16. The number of carbonyl (C=O) groups is 1. The highest BCUT2D eigenvalue weighted by molar-refractivity contribution is 6.35. The van der Waals surface area contributed by atoms with Crippen molar-refractivity contribution in [2.45, 2.75) is 25.8 Å². The van der Waals surface area contributed by atoms with Gasteiger partial charge >= 0.3 is 0 Å². The number of nitrogens with zero attached hydrogens (tertiary/aromatic N) is 1. The van der Waals surface area contributed by atoms with E-state index < -0.39 is 0 Å². The molecule has 0 saturated heterocycles. The smallest absolute Gasteiger partial charge is 0.220 e. The van der Waals surface area contributed by atoms with Crippen molar-refractivity contribution in [2.75, 3.05) is 0 Å². The van der Waals surface area contributed by atoms with Crippen molar-refractivity contribution in [3.8, 4) is 0 Å². The first kappa shape index (κ1) is 15.8. The van der Waals surface area contributed by atoms with E-state index in [9.17, 15) is 4.79 Å². The van der Waals surface area contributed by atoms with Gasteiger partial charge in [0, 0.05) is 28.9 Å². The van der Waals surface area contributed by atoms with E-state index in [2.05, 4.69) is 10.3 Å². The zero-order valence-electron chi connectivity index (χ0n) is 11.6. The Kier molecular flexibility index (Phi) is 5.59. The van der Waals surface area contributed by atoms with Crippen LogP contribution >= 0.6 is 23.2 Å². The third-order valence-corrected chi connectivity index (χ3v) is 3.73. The van der Waals surface area contributed by atoms with Crippen LogP contribution in [0, 0.1) is 0 Å². The highest BCUT2D eigenvalue weighted by atomic mass is 35.5. The summed E-state index contributed by atoms with van der Waals surface area (Å²) >= 11 is 12.0. The minimum Gasteiger partial charge on any atom is -0.350 e. The molecule has 1 aromatic heterocycles. The number of aryl methyl sites for hydroxylation is 1. The molecule has 0 aliphatic heterocycles. The summed E-state index contributed by atoms with van der Waals surface area (Å²) in [5.74, 6) is -0.0163. The van der Waals surface area contributed by atoms with Crippen molar-refractivity contribution in [3.05, 3.63) is 63.9 Å². The second kappa shape index (κ2) is 7.43. The van der Waals surface area contributed by atoms with Crippen LogP contribution in [0.15, 0.2) is 42.7 Å². The summed E-state index contributed by atoms with van der Waals surface area (Å²) in [6.45, 7) is 1.90. The Morgan fingerprint density at radius 2 is 2.14 bits per heavy atom. The lowest BCUT2D eigenvalue weighted by Crippen LogP contribution is -2.27. The van der Waals surface area contributed by atoms with Crippen LogP contribution in [0.3, 0.4) is 0 Å². The Morgan fingerprint density at radius 3 is 2.81 bits per heavy atom. The van der Waals surface area contributed by atoms with Crippen LogP contribution in [0.5, 0.6) is 0 Å². The molecule has 1 atom stereocenters. The molecule has 2 rings (SSSR count). The SMILES string of the molecule is CC(NC(=O)CCc1cccnc1)c1ccc(Cl)cc1Cl. The van der Waals surface area contributed by atoms with Gasteiger partial charge < -0.3 is 5.32 Å². The Morgan fingerprint density at radius 1 is 1.33 bits per heavy atom. The standard InChI is InChI=1S/C16H16Cl2N2O/c1-11(14-6-5-13(17)9-15(14)18)20-16(21)7-4-12-3-2-8-19-10-12/h2-3,5-6,8-11H,4,7H2,1H3,(H,20,21). The summed E-state index contributed by atoms with van der Waals surface area (Å²) in [5.41, 5.74) is 1.90. The summed E-state index contributed by atoms with van der Waals surface area (Å²) in [6.07, 6.45) is 4.57. The number of pyridine rings is 1. The molecular weight excluding hydrogens is 307 g/mol. The maximum Gasteiger partial charge on any atom is 0.220 e. The molecule has 0 radical (unpaired) electrons. The summed E-state index contributed by atoms with van der Waals surface area (Å²) in [6, 6.07) is 8.94. The summed E-state index contributed by atoms with van der Waals surface area (Å²) in [4.78, 5) is 16.0. The van der Waals surface area contributed by atoms with Gasteiger partial charge in [-0.05, 0) is 42.7 Å². The molecule has 0 aliphatic carbocycles. The van der Waals surface area contributed by atoms with Gasteiger partial charge in [0.25, 0.3) is 0 Å². The third-order valence-electron chi connectivity index (χ3n) is 3.17. The van der Waals surface area contributed by atoms with Crippen molar-refractivity contribution in [1.29, 1.82) is 0 Å². The van der Waals surface area contributed by atoms with Gasteiger partial charge in [-0.15, -0.1) is 0 Å². The van der Waals surface area contributed by atoms with Crippen LogP contribution in [0.25, 0.3) is 0 Å². The number of rotatable bonds is 5. The average Bonchev–Trinajstić information content (AvgIpc) is 2.46. The molecule has 21 heavy (non-hydrogen) atoms. The largest absolute Gasteiger partial charge is 0.350 e. The maximum atomic E-state index is 12.0. The van der Waals surface area contributed by atoms with E-state index in [1.807, 2.05) is 25.1 Å². The van der Waals surface area contributed by atoms with Crippen LogP contribution in [-0.4, -0.2) is 10.9 Å². The zero-order chi connectivity index (χ0) is 15.2. The molecule has 0 spiro atoms. The minimum atomic E-state index is -0.156. The average molecular weight is 323 g/mol. The predicted molar refractivity (Wildman–Crippen MR) is 85.6 cm³/mol. The van der Waals surface area contributed by atoms with Crippen molar-refractivity contribution in [2.24, 2.45) is 0 Å². The van der Waals surface area contributed by atoms with E-state index in [0.717, 1.165) is 11.1 Å². The van der Waals surface area contributed by atoms with Gasteiger partial charge in [-0.25, -0.2) is 0 Å². The van der Waals surface area contributed by atoms with Gasteiger partial charge in [-0.3, -0.25) is 9.78 Å². The molecule has 0 aliphatic rings. The molecule has 1 amide bonds. The molecule has 1 aromatic carbocycles. The molecule has 3 nitrogen and oxygen atoms in total. The fourth-order valence-electron chi connectivity index (χ4n) is 2.05. The first-order chi connectivity index (χ1) is 10.1. The molecule has 110 valence electrons. The number of amides is 1. The number of benzene rings is 1. The predicted octanol–water partition coefficient (Wildman–Crippen LogP) is 4.20. The van der Waals surface area contributed by atoms with Gasteiger partial charge in [0.15, 0.2) is 0 Å². The first-order valence-corrected chi connectivity index (χ1v) is 7.45. The van der Waals surface area contributed by atoms with Crippen molar-refractivity contribution < 1.29 is 4.79 Å². The van der Waals surface area contributed by atoms with Gasteiger partial charge in [-0.2, -0.15) is 0 Å². The normalized spacial score (nSPS) is 12.0. The van der Waals surface area contributed by atoms with Crippen molar-refractivity contribution >= 4 is 29.1 Å². The van der Waals surface area contributed by atoms with Crippen molar-refractivity contribution in [1.82, 2.24) is 10.3 Å². The fraction of sp³-hybridized carbons (Fsp3) is 0.250. The summed E-state index contributed by atoms with van der Waals surface area (Å²) in [7, 11) is 0. The minimum absolute atomic E-state index is 0.0163. The quantitative estimate of drug-likeness (QED) is 0.896. The van der Waals surface area contributed by atoms with Gasteiger partial charge in [-0.1, -0.05) is 35.3 Å². The number of halogens is 2. The Labute approximate surface area is 134 Å². The lowest BCUT2D eigenvalue weighted by atomic mass is 10.1. The van der Waals surface area contributed by atoms with E-state index in [1.165, 1.54) is 0 Å². The Hall–Kier alpha value is -1.58. The molecule has 1 unspecified atom stereocenters. The number of carbonyl (C=O) groups excluding carboxylic acids is 1. The highest BCUT2D eigenvalue weighted by Crippen LogP contribution is 2.26. The Bertz CT molecular complexity index is 617. The molecule has 2 aromatic rings. The monoisotopic (exact) mass is 322 g/mol. The second-order valence-corrected chi connectivity index (χ2v) is 5.66. The summed E-state index contributed by atoms with van der Waals surface area (Å²) in [5, 5.41) is 4.08. The van der Waals surface area contributed by atoms with Crippen LogP contribution in [0.2, 0.25) is 10.0 Å². The topological polar surface area (TPSA) is 42.0 Å². The van der Waals surface area contributed by atoms with Crippen molar-refractivity contribution in [3.63, 3.8) is 0 Å². The van der Waals surface area contributed by atoms with Crippen LogP contribution in [-0.2, 0) is 11.2 Å². The molecule has 1 heterocycles. The van der Waals surface area contributed by atoms with Crippen LogP contribution < -0.4 is 5.32 Å². The summed E-state index contributed by atoms with van der Waals surface area (Å²) < 4.78 is 0. The van der Waals surface area contributed by atoms with E-state index in [0.29, 0.717) is 22.9 Å². The number of aromatic nitrogens is 1. The molecule has 0 bridgehead atoms. The molecular formula is C16H16Cl2N2O. The molecule has 0 saturated carbocycles. The maximum absolute atomic E-state index is 12.0. The Balaban J connectivity index is 1.90. The second-order valence-electron chi connectivity index (χ2n) is 4.82.